The SMILES string of the molecule is CC(C)(C)S(=O)(=O)N1CCc2cnccc21. The summed E-state index contributed by atoms with van der Waals surface area (Å²) in [6, 6.07) is 1.77. The van der Waals surface area contributed by atoms with Gasteiger partial charge in [0.25, 0.3) is 0 Å². The number of anilines is 1. The van der Waals surface area contributed by atoms with E-state index in [9.17, 15) is 8.42 Å². The molecule has 2 heterocycles. The van der Waals surface area contributed by atoms with Crippen LogP contribution < -0.4 is 4.31 Å². The van der Waals surface area contributed by atoms with E-state index in [-0.39, 0.29) is 0 Å². The molecule has 0 aromatic carbocycles. The number of fused-ring (bicyclic) bond motifs is 1. The number of pyridine rings is 1. The van der Waals surface area contributed by atoms with Crippen molar-refractivity contribution in [1.29, 1.82) is 0 Å². The molecule has 88 valence electrons. The number of aromatic nitrogens is 1. The molecular formula is C11H16N2O2S. The highest BCUT2D eigenvalue weighted by atomic mass is 32.2. The van der Waals surface area contributed by atoms with Crippen molar-refractivity contribution in [3.05, 3.63) is 24.0 Å². The van der Waals surface area contributed by atoms with Gasteiger partial charge in [-0.2, -0.15) is 0 Å². The summed E-state index contributed by atoms with van der Waals surface area (Å²) < 4.78 is 25.4. The van der Waals surface area contributed by atoms with Crippen LogP contribution in [0.2, 0.25) is 0 Å². The normalized spacial score (nSPS) is 16.3. The lowest BCUT2D eigenvalue weighted by atomic mass is 10.2. The Morgan fingerprint density at radius 2 is 2.06 bits per heavy atom. The first-order chi connectivity index (χ1) is 7.34. The molecule has 4 nitrogen and oxygen atoms in total. The third-order valence-corrected chi connectivity index (χ3v) is 5.30. The second-order valence-corrected chi connectivity index (χ2v) is 7.56. The molecule has 0 saturated carbocycles. The zero-order valence-electron chi connectivity index (χ0n) is 9.77. The van der Waals surface area contributed by atoms with Crippen LogP contribution in [0.3, 0.4) is 0 Å². The molecule has 0 aliphatic carbocycles. The molecule has 0 saturated heterocycles. The Balaban J connectivity index is 2.48. The molecule has 16 heavy (non-hydrogen) atoms. The predicted molar refractivity (Wildman–Crippen MR) is 64.0 cm³/mol. The lowest BCUT2D eigenvalue weighted by Gasteiger charge is -2.28. The summed E-state index contributed by atoms with van der Waals surface area (Å²) in [7, 11) is -3.28. The fraction of sp³-hybridized carbons (Fsp3) is 0.545. The van der Waals surface area contributed by atoms with Crippen LogP contribution in [0.1, 0.15) is 26.3 Å². The van der Waals surface area contributed by atoms with Gasteiger partial charge >= 0.3 is 0 Å². The summed E-state index contributed by atoms with van der Waals surface area (Å²) in [5.74, 6) is 0. The average Bonchev–Trinajstić information content (AvgIpc) is 2.59. The molecule has 0 radical (unpaired) electrons. The smallest absolute Gasteiger partial charge is 0.240 e. The maximum absolute atomic E-state index is 12.3. The van der Waals surface area contributed by atoms with E-state index in [0.717, 1.165) is 17.7 Å². The van der Waals surface area contributed by atoms with Crippen molar-refractivity contribution in [2.75, 3.05) is 10.8 Å². The van der Waals surface area contributed by atoms with Gasteiger partial charge in [-0.3, -0.25) is 9.29 Å². The van der Waals surface area contributed by atoms with Crippen LogP contribution in [-0.4, -0.2) is 24.7 Å². The maximum atomic E-state index is 12.3. The van der Waals surface area contributed by atoms with Crippen molar-refractivity contribution in [3.63, 3.8) is 0 Å². The Bertz CT molecular complexity index is 503. The van der Waals surface area contributed by atoms with E-state index in [4.69, 9.17) is 0 Å². The lowest BCUT2D eigenvalue weighted by molar-refractivity contribution is 0.556. The van der Waals surface area contributed by atoms with E-state index < -0.39 is 14.8 Å². The summed E-state index contributed by atoms with van der Waals surface area (Å²) in [6.07, 6.45) is 4.13. The zero-order chi connectivity index (χ0) is 12.0. The van der Waals surface area contributed by atoms with E-state index in [1.165, 1.54) is 4.31 Å². The van der Waals surface area contributed by atoms with Gasteiger partial charge in [-0.05, 0) is 38.8 Å². The van der Waals surface area contributed by atoms with Crippen LogP contribution in [0, 0.1) is 0 Å². The van der Waals surface area contributed by atoms with E-state index >= 15 is 0 Å². The minimum Gasteiger partial charge on any atom is -0.269 e. The summed E-state index contributed by atoms with van der Waals surface area (Å²) in [6.45, 7) is 5.70. The van der Waals surface area contributed by atoms with Gasteiger partial charge in [-0.1, -0.05) is 0 Å². The van der Waals surface area contributed by atoms with E-state index in [0.29, 0.717) is 6.54 Å². The van der Waals surface area contributed by atoms with E-state index in [2.05, 4.69) is 4.98 Å². The van der Waals surface area contributed by atoms with Crippen molar-refractivity contribution in [2.45, 2.75) is 31.9 Å². The minimum atomic E-state index is -3.28. The van der Waals surface area contributed by atoms with Crippen molar-refractivity contribution < 1.29 is 8.42 Å². The Kier molecular flexibility index (Phi) is 2.45. The fourth-order valence-electron chi connectivity index (χ4n) is 1.78. The van der Waals surface area contributed by atoms with Crippen LogP contribution in [0.5, 0.6) is 0 Å². The average molecular weight is 240 g/mol. The zero-order valence-corrected chi connectivity index (χ0v) is 10.6. The summed E-state index contributed by atoms with van der Waals surface area (Å²) in [5.41, 5.74) is 1.79. The Labute approximate surface area is 96.4 Å². The minimum absolute atomic E-state index is 0.528. The molecular weight excluding hydrogens is 224 g/mol. The van der Waals surface area contributed by atoms with Crippen LogP contribution in [-0.2, 0) is 16.4 Å². The standard InChI is InChI=1S/C11H16N2O2S/c1-11(2,3)16(14,15)13-7-5-9-8-12-6-4-10(9)13/h4,6,8H,5,7H2,1-3H3. The molecule has 1 aromatic rings. The Morgan fingerprint density at radius 3 is 2.69 bits per heavy atom. The number of hydrogen-bond acceptors (Lipinski definition) is 3. The van der Waals surface area contributed by atoms with Gasteiger partial charge in [0.2, 0.25) is 10.0 Å². The first kappa shape index (κ1) is 11.4. The fourth-order valence-corrected chi connectivity index (χ4v) is 3.21. The Morgan fingerprint density at radius 1 is 1.38 bits per heavy atom. The highest BCUT2D eigenvalue weighted by molar-refractivity contribution is 7.94. The van der Waals surface area contributed by atoms with Crippen LogP contribution >= 0.6 is 0 Å². The molecule has 0 N–H and O–H groups in total. The highest BCUT2D eigenvalue weighted by Crippen LogP contribution is 2.33. The van der Waals surface area contributed by atoms with Gasteiger partial charge in [0.05, 0.1) is 10.4 Å². The second-order valence-electron chi connectivity index (χ2n) is 4.94. The molecule has 1 aliphatic rings. The molecule has 0 amide bonds. The molecule has 0 spiro atoms. The van der Waals surface area contributed by atoms with E-state index in [1.807, 2.05) is 0 Å². The van der Waals surface area contributed by atoms with Gasteiger partial charge in [0.1, 0.15) is 0 Å². The molecule has 0 bridgehead atoms. The maximum Gasteiger partial charge on any atom is 0.240 e. The molecule has 0 unspecified atom stereocenters. The monoisotopic (exact) mass is 240 g/mol. The van der Waals surface area contributed by atoms with Gasteiger partial charge < -0.3 is 0 Å². The third-order valence-electron chi connectivity index (χ3n) is 2.79. The van der Waals surface area contributed by atoms with Gasteiger partial charge in [-0.25, -0.2) is 8.42 Å². The van der Waals surface area contributed by atoms with Crippen molar-refractivity contribution in [2.24, 2.45) is 0 Å². The molecule has 0 fully saturated rings. The molecule has 5 heteroatoms. The van der Waals surface area contributed by atoms with Crippen LogP contribution in [0.4, 0.5) is 5.69 Å². The molecule has 1 aliphatic heterocycles. The topological polar surface area (TPSA) is 50.3 Å². The van der Waals surface area contributed by atoms with Crippen molar-refractivity contribution in [3.8, 4) is 0 Å². The highest BCUT2D eigenvalue weighted by Gasteiger charge is 2.38. The number of rotatable bonds is 1. The largest absolute Gasteiger partial charge is 0.269 e. The van der Waals surface area contributed by atoms with Crippen LogP contribution in [0.25, 0.3) is 0 Å². The second kappa shape index (κ2) is 3.45. The number of nitrogens with zero attached hydrogens (tertiary/aromatic N) is 2. The first-order valence-corrected chi connectivity index (χ1v) is 6.73. The van der Waals surface area contributed by atoms with Gasteiger partial charge in [-0.15, -0.1) is 0 Å². The van der Waals surface area contributed by atoms with Gasteiger partial charge in [0.15, 0.2) is 0 Å². The predicted octanol–water partition coefficient (Wildman–Crippen LogP) is 1.57. The Hall–Kier alpha value is -1.10. The third kappa shape index (κ3) is 1.59. The molecule has 2 rings (SSSR count). The van der Waals surface area contributed by atoms with Crippen molar-refractivity contribution >= 4 is 15.7 Å². The summed E-state index contributed by atoms with van der Waals surface area (Å²) in [5, 5.41) is 0. The van der Waals surface area contributed by atoms with Gasteiger partial charge in [0, 0.05) is 18.9 Å². The number of sulfonamides is 1. The van der Waals surface area contributed by atoms with E-state index in [1.54, 1.807) is 39.2 Å². The summed E-state index contributed by atoms with van der Waals surface area (Å²) in [4.78, 5) is 4.01. The first-order valence-electron chi connectivity index (χ1n) is 5.29. The number of hydrogen-bond donors (Lipinski definition) is 0. The van der Waals surface area contributed by atoms with Crippen LogP contribution in [0.15, 0.2) is 18.5 Å². The molecule has 1 aromatic heterocycles. The quantitative estimate of drug-likeness (QED) is 0.748. The molecule has 0 atom stereocenters. The van der Waals surface area contributed by atoms with Crippen molar-refractivity contribution in [1.82, 2.24) is 4.98 Å². The lowest BCUT2D eigenvalue weighted by Crippen LogP contribution is -2.42. The summed E-state index contributed by atoms with van der Waals surface area (Å²) >= 11 is 0.